The molecule has 0 aromatic rings. The smallest absolute Gasteiger partial charge is 0.242 e. The summed E-state index contributed by atoms with van der Waals surface area (Å²) in [6, 6.07) is 0. The fourth-order valence-corrected chi connectivity index (χ4v) is 6.59. The predicted molar refractivity (Wildman–Crippen MR) is 82.8 cm³/mol. The van der Waals surface area contributed by atoms with Crippen molar-refractivity contribution in [2.45, 2.75) is 69.1 Å². The maximum absolute atomic E-state index is 12.2. The second-order valence-electron chi connectivity index (χ2n) is 7.60. The molecule has 1 amide bonds. The van der Waals surface area contributed by atoms with Crippen LogP contribution in [0.3, 0.4) is 0 Å². The molecule has 3 unspecified atom stereocenters. The Morgan fingerprint density at radius 2 is 2.00 bits per heavy atom. The number of carbonyl (C=O) groups is 1. The second-order valence-corrected chi connectivity index (χ2v) is 9.09. The van der Waals surface area contributed by atoms with Crippen molar-refractivity contribution in [2.24, 2.45) is 22.7 Å². The Labute approximate surface area is 125 Å². The summed E-state index contributed by atoms with van der Waals surface area (Å²) in [5, 5.41) is 3.98. The van der Waals surface area contributed by atoms with Crippen molar-refractivity contribution in [3.8, 4) is 0 Å². The van der Waals surface area contributed by atoms with E-state index in [0.717, 1.165) is 35.8 Å². The summed E-state index contributed by atoms with van der Waals surface area (Å²) in [5.74, 6) is 2.80. The third-order valence-corrected chi connectivity index (χ3v) is 7.25. The van der Waals surface area contributed by atoms with Crippen LogP contribution in [0.15, 0.2) is 4.99 Å². The molecule has 5 aliphatic rings. The Morgan fingerprint density at radius 3 is 2.65 bits per heavy atom. The molecule has 0 aromatic carbocycles. The lowest BCUT2D eigenvalue weighted by Crippen LogP contribution is -2.35. The number of nitrogens with zero attached hydrogens (tertiary/aromatic N) is 1. The first-order valence-electron chi connectivity index (χ1n) is 8.13. The lowest BCUT2D eigenvalue weighted by molar-refractivity contribution is -0.121. The van der Waals surface area contributed by atoms with Gasteiger partial charge in [-0.25, -0.2) is 0 Å². The van der Waals surface area contributed by atoms with Crippen LogP contribution in [0.4, 0.5) is 0 Å². The van der Waals surface area contributed by atoms with E-state index in [1.54, 1.807) is 11.8 Å². The van der Waals surface area contributed by atoms with E-state index in [0.29, 0.717) is 0 Å². The molecule has 0 radical (unpaired) electrons. The fourth-order valence-electron chi connectivity index (χ4n) is 5.35. The molecule has 110 valence electrons. The molecule has 4 heteroatoms. The van der Waals surface area contributed by atoms with E-state index in [9.17, 15) is 4.79 Å². The van der Waals surface area contributed by atoms with Gasteiger partial charge in [-0.05, 0) is 63.2 Å². The van der Waals surface area contributed by atoms with Gasteiger partial charge in [0.2, 0.25) is 5.91 Å². The lowest BCUT2D eigenvalue weighted by atomic mass is 9.81. The van der Waals surface area contributed by atoms with E-state index >= 15 is 0 Å². The Balaban J connectivity index is 1.59. The highest BCUT2D eigenvalue weighted by Crippen LogP contribution is 2.62. The number of rotatable bonds is 3. The molecule has 4 saturated carbocycles. The summed E-state index contributed by atoms with van der Waals surface area (Å²) in [7, 11) is 0. The summed E-state index contributed by atoms with van der Waals surface area (Å²) in [4.78, 5) is 17.3. The Bertz CT molecular complexity index is 475. The average Bonchev–Trinajstić information content (AvgIpc) is 2.85. The number of thioether (sulfide) groups is 1. The summed E-state index contributed by atoms with van der Waals surface area (Å²) in [6.07, 6.45) is 8.75. The zero-order valence-corrected chi connectivity index (χ0v) is 13.3. The fraction of sp³-hybridized carbons (Fsp3) is 0.875. The summed E-state index contributed by atoms with van der Waals surface area (Å²) >= 11 is 1.68. The number of amides is 1. The first-order chi connectivity index (χ1) is 9.53. The van der Waals surface area contributed by atoms with Crippen LogP contribution in [0, 0.1) is 17.8 Å². The number of hydrogen-bond donors (Lipinski definition) is 1. The van der Waals surface area contributed by atoms with E-state index in [1.165, 1.54) is 32.1 Å². The molecule has 4 aliphatic carbocycles. The molecule has 5 rings (SSSR count). The number of amidine groups is 1. The molecule has 5 fully saturated rings. The van der Waals surface area contributed by atoms with Gasteiger partial charge in [-0.2, -0.15) is 0 Å². The maximum Gasteiger partial charge on any atom is 0.242 e. The average molecular weight is 292 g/mol. The first kappa shape index (κ1) is 13.2. The summed E-state index contributed by atoms with van der Waals surface area (Å²) in [5.41, 5.74) is 0.195. The Kier molecular flexibility index (Phi) is 2.80. The number of nitrogens with one attached hydrogen (secondary N) is 1. The molecule has 1 N–H and O–H groups in total. The molecular weight excluding hydrogens is 268 g/mol. The molecule has 0 aromatic heterocycles. The van der Waals surface area contributed by atoms with Crippen molar-refractivity contribution in [3.05, 3.63) is 0 Å². The van der Waals surface area contributed by atoms with Gasteiger partial charge in [0.25, 0.3) is 0 Å². The van der Waals surface area contributed by atoms with Crippen molar-refractivity contribution >= 4 is 22.8 Å². The van der Waals surface area contributed by atoms with Crippen LogP contribution < -0.4 is 5.32 Å². The van der Waals surface area contributed by atoms with Crippen molar-refractivity contribution in [1.29, 1.82) is 0 Å². The molecule has 1 heterocycles. The summed E-state index contributed by atoms with van der Waals surface area (Å²) < 4.78 is -0.292. The lowest BCUT2D eigenvalue weighted by Gasteiger charge is -2.29. The number of aliphatic imine (C=N–C) groups is 1. The van der Waals surface area contributed by atoms with Crippen molar-refractivity contribution < 1.29 is 4.79 Å². The summed E-state index contributed by atoms with van der Waals surface area (Å²) in [6.45, 7) is 4.21. The van der Waals surface area contributed by atoms with E-state index in [4.69, 9.17) is 4.99 Å². The molecule has 20 heavy (non-hydrogen) atoms. The first-order valence-corrected chi connectivity index (χ1v) is 8.95. The molecule has 3 nitrogen and oxygen atoms in total. The van der Waals surface area contributed by atoms with Gasteiger partial charge in [-0.15, -0.1) is 0 Å². The SMILES string of the molecule is CCCC1(C)SC(=NC23C[C@@H]4CC2C[C@@H](C4)C3)NC1=O. The largest absolute Gasteiger partial charge is 0.304 e. The molecular formula is C16H24N2OS. The second kappa shape index (κ2) is 4.25. The quantitative estimate of drug-likeness (QED) is 0.866. The monoisotopic (exact) mass is 292 g/mol. The zero-order chi connectivity index (χ0) is 14.0. The molecule has 1 saturated heterocycles. The molecule has 1 aliphatic heterocycles. The van der Waals surface area contributed by atoms with Crippen molar-refractivity contribution in [1.82, 2.24) is 5.32 Å². The Morgan fingerprint density at radius 1 is 1.30 bits per heavy atom. The van der Waals surface area contributed by atoms with Crippen LogP contribution >= 0.6 is 11.8 Å². The topological polar surface area (TPSA) is 41.5 Å². The van der Waals surface area contributed by atoms with Gasteiger partial charge in [0.1, 0.15) is 0 Å². The van der Waals surface area contributed by atoms with Gasteiger partial charge in [0, 0.05) is 0 Å². The van der Waals surface area contributed by atoms with E-state index in [2.05, 4.69) is 19.2 Å². The van der Waals surface area contributed by atoms with Gasteiger partial charge in [-0.1, -0.05) is 25.1 Å². The highest BCUT2D eigenvalue weighted by Gasteiger charge is 2.58. The normalized spacial score (nSPS) is 51.2. The third-order valence-electron chi connectivity index (χ3n) is 6.02. The van der Waals surface area contributed by atoms with Crippen LogP contribution in [0.2, 0.25) is 0 Å². The zero-order valence-electron chi connectivity index (χ0n) is 12.4. The van der Waals surface area contributed by atoms with Crippen LogP contribution in [0.5, 0.6) is 0 Å². The minimum atomic E-state index is -0.292. The van der Waals surface area contributed by atoms with Gasteiger partial charge in [0.05, 0.1) is 10.3 Å². The Hall–Kier alpha value is -0.510. The standard InChI is InChI=1S/C16H24N2OS/c1-3-4-15(2)13(19)17-14(20-15)18-16-8-10-5-11(9-16)7-12(16)6-10/h10-12H,3-9H2,1-2H3,(H,17,18,19)/t10-,11+,12?,15?,16?. The van der Waals surface area contributed by atoms with Crippen molar-refractivity contribution in [3.63, 3.8) is 0 Å². The minimum absolute atomic E-state index is 0.164. The highest BCUT2D eigenvalue weighted by molar-refractivity contribution is 8.16. The molecule has 4 bridgehead atoms. The molecule has 0 spiro atoms. The van der Waals surface area contributed by atoms with E-state index < -0.39 is 0 Å². The van der Waals surface area contributed by atoms with Gasteiger partial charge in [-0.3, -0.25) is 9.79 Å². The van der Waals surface area contributed by atoms with Crippen LogP contribution in [0.25, 0.3) is 0 Å². The van der Waals surface area contributed by atoms with E-state index in [1.807, 2.05) is 0 Å². The number of hydrogen-bond acceptors (Lipinski definition) is 3. The minimum Gasteiger partial charge on any atom is -0.304 e. The van der Waals surface area contributed by atoms with E-state index in [-0.39, 0.29) is 16.2 Å². The van der Waals surface area contributed by atoms with Gasteiger partial charge in [0.15, 0.2) is 5.17 Å². The molecule has 5 atom stereocenters. The van der Waals surface area contributed by atoms with Crippen molar-refractivity contribution in [2.75, 3.05) is 0 Å². The third kappa shape index (κ3) is 1.79. The van der Waals surface area contributed by atoms with Gasteiger partial charge >= 0.3 is 0 Å². The van der Waals surface area contributed by atoms with Gasteiger partial charge < -0.3 is 5.32 Å². The van der Waals surface area contributed by atoms with Crippen LogP contribution in [0.1, 0.15) is 58.8 Å². The van der Waals surface area contributed by atoms with Crippen LogP contribution in [-0.2, 0) is 4.79 Å². The van der Waals surface area contributed by atoms with Crippen LogP contribution in [-0.4, -0.2) is 21.4 Å². The highest BCUT2D eigenvalue weighted by atomic mass is 32.2. The number of carbonyl (C=O) groups excluding carboxylic acids is 1. The predicted octanol–water partition coefficient (Wildman–Crippen LogP) is 3.34. The maximum atomic E-state index is 12.2.